The van der Waals surface area contributed by atoms with Gasteiger partial charge in [0.15, 0.2) is 0 Å². The number of ether oxygens (including phenoxy) is 2. The highest BCUT2D eigenvalue weighted by Crippen LogP contribution is 2.56. The molecule has 4 aromatic rings. The maximum absolute atomic E-state index is 11.9. The molecule has 0 bridgehead atoms. The van der Waals surface area contributed by atoms with Crippen LogP contribution in [0.4, 0.5) is 0 Å². The van der Waals surface area contributed by atoms with E-state index in [0.717, 1.165) is 22.2 Å². The lowest BCUT2D eigenvalue weighted by atomic mass is 9.87. The highest BCUT2D eigenvalue weighted by atomic mass is 32.3. The zero-order chi connectivity index (χ0) is 26.2. The lowest BCUT2D eigenvalue weighted by molar-refractivity contribution is -0.137. The van der Waals surface area contributed by atoms with E-state index in [0.29, 0.717) is 35.1 Å². The SMILES string of the molecule is COc1cc(C(CC(=O)O)c2cccc(CN3CCOc4ccccc4S3(O)O)c2)cc2nnn(C)c12. The molecule has 2 heterocycles. The van der Waals surface area contributed by atoms with E-state index in [4.69, 9.17) is 9.47 Å². The second-order valence-electron chi connectivity index (χ2n) is 8.88. The van der Waals surface area contributed by atoms with Gasteiger partial charge in [-0.3, -0.25) is 13.9 Å². The minimum absolute atomic E-state index is 0.140. The highest BCUT2D eigenvalue weighted by molar-refractivity contribution is 8.22. The second kappa shape index (κ2) is 10.0. The molecule has 1 unspecified atom stereocenters. The number of carboxylic acids is 1. The van der Waals surface area contributed by atoms with Crippen LogP contribution in [0, 0.1) is 0 Å². The molecule has 0 fully saturated rings. The van der Waals surface area contributed by atoms with E-state index in [1.807, 2.05) is 36.4 Å². The Morgan fingerprint density at radius 2 is 1.95 bits per heavy atom. The first-order chi connectivity index (χ1) is 17.8. The van der Waals surface area contributed by atoms with Crippen molar-refractivity contribution in [1.82, 2.24) is 19.3 Å². The molecule has 10 nitrogen and oxygen atoms in total. The molecule has 1 aliphatic heterocycles. The average molecular weight is 525 g/mol. The summed E-state index contributed by atoms with van der Waals surface area (Å²) < 4.78 is 36.8. The number of fused-ring (bicyclic) bond motifs is 2. The van der Waals surface area contributed by atoms with E-state index in [1.54, 1.807) is 47.4 Å². The number of nitrogens with zero attached hydrogens (tertiary/aromatic N) is 4. The number of aryl methyl sites for hydroxylation is 1. The Balaban J connectivity index is 1.50. The third kappa shape index (κ3) is 4.86. The zero-order valence-electron chi connectivity index (χ0n) is 20.4. The van der Waals surface area contributed by atoms with Crippen molar-refractivity contribution >= 4 is 27.8 Å². The van der Waals surface area contributed by atoms with E-state index < -0.39 is 22.7 Å². The summed E-state index contributed by atoms with van der Waals surface area (Å²) in [4.78, 5) is 12.2. The van der Waals surface area contributed by atoms with Crippen molar-refractivity contribution in [2.75, 3.05) is 20.3 Å². The Bertz CT molecular complexity index is 1460. The van der Waals surface area contributed by atoms with Crippen LogP contribution in [0.1, 0.15) is 29.0 Å². The first-order valence-electron chi connectivity index (χ1n) is 11.7. The van der Waals surface area contributed by atoms with Crippen molar-refractivity contribution < 1.29 is 28.5 Å². The third-order valence-electron chi connectivity index (χ3n) is 6.50. The Kier molecular flexibility index (Phi) is 6.78. The molecule has 194 valence electrons. The summed E-state index contributed by atoms with van der Waals surface area (Å²) in [5.41, 5.74) is 3.68. The van der Waals surface area contributed by atoms with Gasteiger partial charge >= 0.3 is 5.97 Å². The molecular weight excluding hydrogens is 496 g/mol. The predicted octanol–water partition coefficient (Wildman–Crippen LogP) is 4.50. The van der Waals surface area contributed by atoms with Gasteiger partial charge < -0.3 is 14.6 Å². The molecule has 1 aromatic heterocycles. The fourth-order valence-corrected chi connectivity index (χ4v) is 6.33. The van der Waals surface area contributed by atoms with E-state index in [-0.39, 0.29) is 13.0 Å². The maximum Gasteiger partial charge on any atom is 0.304 e. The molecule has 0 spiro atoms. The largest absolute Gasteiger partial charge is 0.494 e. The summed E-state index contributed by atoms with van der Waals surface area (Å²) in [5, 5.41) is 18.0. The average Bonchev–Trinajstić information content (AvgIpc) is 3.21. The molecule has 5 rings (SSSR count). The van der Waals surface area contributed by atoms with Crippen LogP contribution < -0.4 is 9.47 Å². The van der Waals surface area contributed by atoms with Crippen molar-refractivity contribution in [2.45, 2.75) is 23.8 Å². The van der Waals surface area contributed by atoms with Gasteiger partial charge in [0.25, 0.3) is 0 Å². The standard InChI is InChI=1S/C26H28N4O6S/c1-29-26-21(27-28-29)13-19(14-23(26)35-2)20(15-25(31)32)18-7-5-6-17(12-18)16-30-10-11-36-22-8-3-4-9-24(22)37(30,33)34/h3-9,12-14,20,33-34H,10-11,15-16H2,1-2H3,(H,31,32). The number of aromatic nitrogens is 3. The van der Waals surface area contributed by atoms with Gasteiger partial charge in [0.2, 0.25) is 0 Å². The van der Waals surface area contributed by atoms with E-state index in [1.165, 1.54) is 0 Å². The number of methoxy groups -OCH3 is 1. The Morgan fingerprint density at radius 3 is 2.73 bits per heavy atom. The predicted molar refractivity (Wildman–Crippen MR) is 139 cm³/mol. The molecule has 1 aliphatic rings. The lowest BCUT2D eigenvalue weighted by Crippen LogP contribution is -2.29. The molecule has 0 saturated heterocycles. The van der Waals surface area contributed by atoms with Gasteiger partial charge in [-0.1, -0.05) is 41.6 Å². The second-order valence-corrected chi connectivity index (χ2v) is 10.9. The first kappa shape index (κ1) is 25.0. The van der Waals surface area contributed by atoms with Gasteiger partial charge in [-0.2, -0.15) is 4.31 Å². The van der Waals surface area contributed by atoms with Crippen LogP contribution in [-0.2, 0) is 18.4 Å². The van der Waals surface area contributed by atoms with Crippen LogP contribution in [0.5, 0.6) is 11.5 Å². The maximum atomic E-state index is 11.9. The van der Waals surface area contributed by atoms with Gasteiger partial charge in [-0.25, -0.2) is 4.68 Å². The summed E-state index contributed by atoms with van der Waals surface area (Å²) >= 11 is 0. The quantitative estimate of drug-likeness (QED) is 0.320. The van der Waals surface area contributed by atoms with Crippen LogP contribution in [0.25, 0.3) is 11.0 Å². The number of carboxylic acid groups (broad SMARTS) is 1. The fraction of sp³-hybridized carbons (Fsp3) is 0.269. The van der Waals surface area contributed by atoms with Crippen molar-refractivity contribution in [1.29, 1.82) is 0 Å². The monoisotopic (exact) mass is 524 g/mol. The fourth-order valence-electron chi connectivity index (χ4n) is 4.74. The summed E-state index contributed by atoms with van der Waals surface area (Å²) in [6, 6.07) is 18.1. The number of benzene rings is 3. The minimum atomic E-state index is -3.27. The summed E-state index contributed by atoms with van der Waals surface area (Å²) in [6.07, 6.45) is -0.140. The molecule has 11 heteroatoms. The molecule has 1 atom stereocenters. The van der Waals surface area contributed by atoms with Crippen LogP contribution in [0.3, 0.4) is 0 Å². The minimum Gasteiger partial charge on any atom is -0.494 e. The number of hydrogen-bond acceptors (Lipinski definition) is 8. The smallest absolute Gasteiger partial charge is 0.304 e. The van der Waals surface area contributed by atoms with Crippen molar-refractivity contribution in [2.24, 2.45) is 7.05 Å². The van der Waals surface area contributed by atoms with Crippen LogP contribution >= 0.6 is 10.8 Å². The molecule has 0 aliphatic carbocycles. The third-order valence-corrected chi connectivity index (χ3v) is 8.46. The van der Waals surface area contributed by atoms with Crippen LogP contribution in [0.2, 0.25) is 0 Å². The van der Waals surface area contributed by atoms with E-state index in [2.05, 4.69) is 10.3 Å². The van der Waals surface area contributed by atoms with Gasteiger partial charge in [0.1, 0.15) is 34.0 Å². The number of carbonyl (C=O) groups is 1. The molecular formula is C26H28N4O6S. The normalized spacial score (nSPS) is 16.9. The lowest BCUT2D eigenvalue weighted by Gasteiger charge is -2.41. The highest BCUT2D eigenvalue weighted by Gasteiger charge is 2.31. The van der Waals surface area contributed by atoms with E-state index in [9.17, 15) is 19.0 Å². The molecule has 3 N–H and O–H groups in total. The van der Waals surface area contributed by atoms with Gasteiger partial charge in [0.05, 0.1) is 20.1 Å². The Labute approximate surface area is 215 Å². The van der Waals surface area contributed by atoms with Crippen LogP contribution in [-0.4, -0.2) is 59.7 Å². The zero-order valence-corrected chi connectivity index (χ0v) is 21.3. The Hall–Kier alpha value is -3.64. The number of hydrogen-bond donors (Lipinski definition) is 3. The molecule has 0 amide bonds. The van der Waals surface area contributed by atoms with Gasteiger partial charge in [0, 0.05) is 19.5 Å². The van der Waals surface area contributed by atoms with Crippen molar-refractivity contribution in [3.05, 3.63) is 77.4 Å². The van der Waals surface area contributed by atoms with Gasteiger partial charge in [-0.15, -0.1) is 15.9 Å². The summed E-state index contributed by atoms with van der Waals surface area (Å²) in [7, 11) is 0.0529. The van der Waals surface area contributed by atoms with Crippen LogP contribution in [0.15, 0.2) is 65.6 Å². The Morgan fingerprint density at radius 1 is 1.14 bits per heavy atom. The molecule has 0 saturated carbocycles. The topological polar surface area (TPSA) is 130 Å². The molecule has 0 radical (unpaired) electrons. The van der Waals surface area contributed by atoms with E-state index >= 15 is 0 Å². The summed E-state index contributed by atoms with van der Waals surface area (Å²) in [5.74, 6) is -0.396. The van der Waals surface area contributed by atoms with Crippen molar-refractivity contribution in [3.63, 3.8) is 0 Å². The summed E-state index contributed by atoms with van der Waals surface area (Å²) in [6.45, 7) is 0.882. The number of aliphatic carboxylic acids is 1. The number of para-hydroxylation sites is 1. The number of rotatable bonds is 7. The first-order valence-corrected chi connectivity index (χ1v) is 13.2. The van der Waals surface area contributed by atoms with Crippen molar-refractivity contribution in [3.8, 4) is 11.5 Å². The molecule has 37 heavy (non-hydrogen) atoms. The molecule has 3 aromatic carbocycles. The van der Waals surface area contributed by atoms with Gasteiger partial charge in [-0.05, 0) is 41.0 Å².